The van der Waals surface area contributed by atoms with Gasteiger partial charge in [0.25, 0.3) is 5.91 Å². The maximum Gasteiger partial charge on any atom is 0.253 e. The molecule has 0 atom stereocenters. The minimum atomic E-state index is 0.0419. The smallest absolute Gasteiger partial charge is 0.253 e. The van der Waals surface area contributed by atoms with Gasteiger partial charge in [-0.1, -0.05) is 12.1 Å². The van der Waals surface area contributed by atoms with E-state index in [0.29, 0.717) is 18.7 Å². The summed E-state index contributed by atoms with van der Waals surface area (Å²) in [5.41, 5.74) is 1.86. The fourth-order valence-corrected chi connectivity index (χ4v) is 2.11. The molecule has 2 rings (SSSR count). The molecule has 1 aromatic heterocycles. The molecule has 2 aromatic rings. The third-order valence-electron chi connectivity index (χ3n) is 3.31. The minimum absolute atomic E-state index is 0.0419. The summed E-state index contributed by atoms with van der Waals surface area (Å²) in [6, 6.07) is 7.72. The monoisotopic (exact) mass is 287 g/mol. The van der Waals surface area contributed by atoms with Crippen molar-refractivity contribution in [1.29, 1.82) is 0 Å². The number of carbonyl (C=O) groups excluding carboxylic acids is 1. The van der Waals surface area contributed by atoms with Crippen LogP contribution in [-0.4, -0.2) is 47.7 Å². The van der Waals surface area contributed by atoms with E-state index in [9.17, 15) is 4.79 Å². The van der Waals surface area contributed by atoms with E-state index in [4.69, 9.17) is 4.74 Å². The first-order valence-corrected chi connectivity index (χ1v) is 7.00. The number of methoxy groups -OCH3 is 1. The van der Waals surface area contributed by atoms with Gasteiger partial charge in [-0.2, -0.15) is 0 Å². The molecule has 21 heavy (non-hydrogen) atoms. The van der Waals surface area contributed by atoms with Gasteiger partial charge in [0.05, 0.1) is 6.33 Å². The Balaban J connectivity index is 1.93. The van der Waals surface area contributed by atoms with Crippen LogP contribution in [0, 0.1) is 0 Å². The molecule has 0 radical (unpaired) electrons. The first kappa shape index (κ1) is 15.3. The topological polar surface area (TPSA) is 47.4 Å². The van der Waals surface area contributed by atoms with Crippen molar-refractivity contribution in [3.8, 4) is 0 Å². The molecule has 1 aromatic carbocycles. The summed E-state index contributed by atoms with van der Waals surface area (Å²) in [5, 5.41) is 0. The fraction of sp³-hybridized carbons (Fsp3) is 0.375. The molecule has 0 aliphatic heterocycles. The molecule has 0 aliphatic carbocycles. The second-order valence-corrected chi connectivity index (χ2v) is 5.01. The number of rotatable bonds is 7. The van der Waals surface area contributed by atoms with Gasteiger partial charge in [-0.05, 0) is 24.1 Å². The largest absolute Gasteiger partial charge is 0.385 e. The number of nitrogens with zero attached hydrogens (tertiary/aromatic N) is 3. The lowest BCUT2D eigenvalue weighted by Gasteiger charge is -2.17. The SMILES string of the molecule is COCCCN(C)C(=O)c1ccc(Cn2ccnc2)cc1. The first-order chi connectivity index (χ1) is 10.2. The average molecular weight is 287 g/mol. The lowest BCUT2D eigenvalue weighted by atomic mass is 10.1. The molecule has 0 fully saturated rings. The van der Waals surface area contributed by atoms with Crippen LogP contribution in [0.25, 0.3) is 0 Å². The third kappa shape index (κ3) is 4.43. The Bertz CT molecular complexity index is 549. The molecule has 1 heterocycles. The van der Waals surface area contributed by atoms with Gasteiger partial charge in [0.15, 0.2) is 0 Å². The van der Waals surface area contributed by atoms with Gasteiger partial charge in [0.1, 0.15) is 0 Å². The van der Waals surface area contributed by atoms with Gasteiger partial charge in [-0.25, -0.2) is 4.98 Å². The van der Waals surface area contributed by atoms with Crippen LogP contribution in [0.1, 0.15) is 22.3 Å². The molecular formula is C16H21N3O2. The first-order valence-electron chi connectivity index (χ1n) is 7.00. The van der Waals surface area contributed by atoms with Gasteiger partial charge in [-0.3, -0.25) is 4.79 Å². The summed E-state index contributed by atoms with van der Waals surface area (Å²) in [7, 11) is 3.48. The Morgan fingerprint density at radius 1 is 1.33 bits per heavy atom. The number of imidazole rings is 1. The molecule has 112 valence electrons. The Morgan fingerprint density at radius 3 is 2.71 bits per heavy atom. The van der Waals surface area contributed by atoms with Crippen LogP contribution < -0.4 is 0 Å². The maximum atomic E-state index is 12.2. The number of ether oxygens (including phenoxy) is 1. The second-order valence-electron chi connectivity index (χ2n) is 5.01. The van der Waals surface area contributed by atoms with Crippen LogP contribution in [0.2, 0.25) is 0 Å². The molecule has 5 nitrogen and oxygen atoms in total. The lowest BCUT2D eigenvalue weighted by molar-refractivity contribution is 0.0779. The number of benzene rings is 1. The van der Waals surface area contributed by atoms with Crippen molar-refractivity contribution in [2.24, 2.45) is 0 Å². The normalized spacial score (nSPS) is 10.6. The van der Waals surface area contributed by atoms with E-state index >= 15 is 0 Å². The number of carbonyl (C=O) groups is 1. The van der Waals surface area contributed by atoms with Crippen molar-refractivity contribution in [3.05, 3.63) is 54.1 Å². The summed E-state index contributed by atoms with van der Waals surface area (Å²) in [5.74, 6) is 0.0419. The predicted molar refractivity (Wildman–Crippen MR) is 81.2 cm³/mol. The van der Waals surface area contributed by atoms with Crippen molar-refractivity contribution < 1.29 is 9.53 Å². The van der Waals surface area contributed by atoms with E-state index in [1.807, 2.05) is 42.1 Å². The second kappa shape index (κ2) is 7.59. The molecule has 0 saturated carbocycles. The zero-order chi connectivity index (χ0) is 15.1. The highest BCUT2D eigenvalue weighted by molar-refractivity contribution is 5.94. The van der Waals surface area contributed by atoms with E-state index in [0.717, 1.165) is 18.5 Å². The highest BCUT2D eigenvalue weighted by Crippen LogP contribution is 2.09. The summed E-state index contributed by atoms with van der Waals surface area (Å²) < 4.78 is 6.99. The quantitative estimate of drug-likeness (QED) is 0.732. The predicted octanol–water partition coefficient (Wildman–Crippen LogP) is 2.04. The Morgan fingerprint density at radius 2 is 2.10 bits per heavy atom. The lowest BCUT2D eigenvalue weighted by Crippen LogP contribution is -2.28. The fourth-order valence-electron chi connectivity index (χ4n) is 2.11. The van der Waals surface area contributed by atoms with E-state index < -0.39 is 0 Å². The van der Waals surface area contributed by atoms with Crippen molar-refractivity contribution in [3.63, 3.8) is 0 Å². The van der Waals surface area contributed by atoms with Crippen LogP contribution in [0.5, 0.6) is 0 Å². The Kier molecular flexibility index (Phi) is 5.51. The molecular weight excluding hydrogens is 266 g/mol. The van der Waals surface area contributed by atoms with Gasteiger partial charge in [-0.15, -0.1) is 0 Å². The van der Waals surface area contributed by atoms with Gasteiger partial charge < -0.3 is 14.2 Å². The molecule has 0 aliphatic rings. The van der Waals surface area contributed by atoms with E-state index in [1.165, 1.54) is 0 Å². The zero-order valence-corrected chi connectivity index (χ0v) is 12.5. The molecule has 0 N–H and O–H groups in total. The van der Waals surface area contributed by atoms with Crippen LogP contribution in [0.4, 0.5) is 0 Å². The standard InChI is InChI=1S/C16H21N3O2/c1-18(9-3-11-21-2)16(20)15-6-4-14(5-7-15)12-19-10-8-17-13-19/h4-8,10,13H,3,9,11-12H2,1-2H3. The Hall–Kier alpha value is -2.14. The van der Waals surface area contributed by atoms with Crippen molar-refractivity contribution in [2.45, 2.75) is 13.0 Å². The third-order valence-corrected chi connectivity index (χ3v) is 3.31. The van der Waals surface area contributed by atoms with Crippen LogP contribution in [-0.2, 0) is 11.3 Å². The molecule has 0 saturated heterocycles. The molecule has 5 heteroatoms. The van der Waals surface area contributed by atoms with Crippen molar-refractivity contribution >= 4 is 5.91 Å². The summed E-state index contributed by atoms with van der Waals surface area (Å²) in [6.45, 7) is 2.13. The summed E-state index contributed by atoms with van der Waals surface area (Å²) >= 11 is 0. The maximum absolute atomic E-state index is 12.2. The molecule has 0 bridgehead atoms. The highest BCUT2D eigenvalue weighted by atomic mass is 16.5. The van der Waals surface area contributed by atoms with E-state index in [2.05, 4.69) is 4.98 Å². The van der Waals surface area contributed by atoms with Gasteiger partial charge >= 0.3 is 0 Å². The van der Waals surface area contributed by atoms with Crippen LogP contribution in [0.15, 0.2) is 43.0 Å². The molecule has 0 spiro atoms. The zero-order valence-electron chi connectivity index (χ0n) is 12.5. The molecule has 0 unspecified atom stereocenters. The number of hydrogen-bond donors (Lipinski definition) is 0. The van der Waals surface area contributed by atoms with Crippen LogP contribution in [0.3, 0.4) is 0 Å². The average Bonchev–Trinajstić information content (AvgIpc) is 3.00. The van der Waals surface area contributed by atoms with Crippen molar-refractivity contribution in [2.75, 3.05) is 27.3 Å². The van der Waals surface area contributed by atoms with Gasteiger partial charge in [0, 0.05) is 51.8 Å². The van der Waals surface area contributed by atoms with Gasteiger partial charge in [0.2, 0.25) is 0 Å². The summed E-state index contributed by atoms with van der Waals surface area (Å²) in [6.07, 6.45) is 6.30. The van der Waals surface area contributed by atoms with E-state index in [1.54, 1.807) is 24.5 Å². The summed E-state index contributed by atoms with van der Waals surface area (Å²) in [4.78, 5) is 18.0. The highest BCUT2D eigenvalue weighted by Gasteiger charge is 2.10. The number of hydrogen-bond acceptors (Lipinski definition) is 3. The van der Waals surface area contributed by atoms with E-state index in [-0.39, 0.29) is 5.91 Å². The minimum Gasteiger partial charge on any atom is -0.385 e. The number of amides is 1. The number of aromatic nitrogens is 2. The van der Waals surface area contributed by atoms with Crippen LogP contribution >= 0.6 is 0 Å². The Labute approximate surface area is 125 Å². The van der Waals surface area contributed by atoms with Crippen molar-refractivity contribution in [1.82, 2.24) is 14.5 Å². The molecule has 1 amide bonds.